The molecule has 0 aliphatic rings. The summed E-state index contributed by atoms with van der Waals surface area (Å²) < 4.78 is 1.44. The third-order valence-corrected chi connectivity index (χ3v) is 2.09. The van der Waals surface area contributed by atoms with Gasteiger partial charge in [-0.1, -0.05) is 0 Å². The van der Waals surface area contributed by atoms with Crippen molar-refractivity contribution < 1.29 is 9.72 Å². The Balaban J connectivity index is 2.71. The van der Waals surface area contributed by atoms with Crippen molar-refractivity contribution in [2.24, 2.45) is 7.05 Å². The van der Waals surface area contributed by atoms with E-state index in [9.17, 15) is 14.9 Å². The second-order valence-electron chi connectivity index (χ2n) is 3.31. The predicted molar refractivity (Wildman–Crippen MR) is 58.3 cm³/mol. The van der Waals surface area contributed by atoms with E-state index in [1.165, 1.54) is 16.8 Å². The van der Waals surface area contributed by atoms with Crippen molar-refractivity contribution in [3.05, 3.63) is 28.1 Å². The van der Waals surface area contributed by atoms with Gasteiger partial charge in [0.2, 0.25) is 0 Å². The van der Waals surface area contributed by atoms with E-state index >= 15 is 0 Å². The van der Waals surface area contributed by atoms with Crippen LogP contribution in [0.4, 0.5) is 5.69 Å². The molecule has 0 atom stereocenters. The van der Waals surface area contributed by atoms with Crippen molar-refractivity contribution >= 4 is 11.6 Å². The molecule has 0 unspecified atom stereocenters. The number of rotatable bonds is 5. The molecule has 0 fully saturated rings. The quantitative estimate of drug-likeness (QED) is 0.416. The summed E-state index contributed by atoms with van der Waals surface area (Å²) in [5, 5.41) is 16.0. The Morgan fingerprint density at radius 3 is 2.75 bits per heavy atom. The Kier molecular flexibility index (Phi) is 4.01. The number of nitro groups is 1. The van der Waals surface area contributed by atoms with Crippen LogP contribution in [0.3, 0.4) is 0 Å². The van der Waals surface area contributed by atoms with E-state index in [-0.39, 0.29) is 17.3 Å². The normalized spacial score (nSPS) is 10.1. The zero-order valence-corrected chi connectivity index (χ0v) is 9.19. The number of carbonyl (C=O) groups excluding carboxylic acids is 1. The molecule has 2 N–H and O–H groups in total. The number of likely N-dealkylation sites (N-methyl/N-ethyl adjacent to an activating group) is 1. The number of amides is 1. The standard InChI is InChI=1S/C9H14N4O3/c1-10-3-4-11-9(14)8-5-7(13(15)16)6-12(8)2/h5-6,10H,3-4H2,1-2H3,(H,11,14). The third kappa shape index (κ3) is 2.80. The molecule has 0 radical (unpaired) electrons. The van der Waals surface area contributed by atoms with Crippen LogP contribution in [0.25, 0.3) is 0 Å². The fraction of sp³-hybridized carbons (Fsp3) is 0.444. The maximum atomic E-state index is 11.6. The van der Waals surface area contributed by atoms with Gasteiger partial charge in [-0.15, -0.1) is 0 Å². The van der Waals surface area contributed by atoms with Gasteiger partial charge in [0.25, 0.3) is 11.6 Å². The number of hydrogen-bond acceptors (Lipinski definition) is 4. The fourth-order valence-electron chi connectivity index (χ4n) is 1.26. The van der Waals surface area contributed by atoms with E-state index in [0.29, 0.717) is 13.1 Å². The van der Waals surface area contributed by atoms with Gasteiger partial charge in [0.05, 0.1) is 11.1 Å². The van der Waals surface area contributed by atoms with E-state index in [4.69, 9.17) is 0 Å². The smallest absolute Gasteiger partial charge is 0.287 e. The average molecular weight is 226 g/mol. The summed E-state index contributed by atoms with van der Waals surface area (Å²) in [7, 11) is 3.37. The number of nitrogens with zero attached hydrogens (tertiary/aromatic N) is 2. The zero-order valence-electron chi connectivity index (χ0n) is 9.19. The largest absolute Gasteiger partial charge is 0.349 e. The van der Waals surface area contributed by atoms with E-state index < -0.39 is 4.92 Å². The van der Waals surface area contributed by atoms with Crippen LogP contribution in [0.15, 0.2) is 12.3 Å². The Morgan fingerprint density at radius 1 is 1.56 bits per heavy atom. The van der Waals surface area contributed by atoms with Gasteiger partial charge in [-0.05, 0) is 7.05 Å². The minimum absolute atomic E-state index is 0.0822. The zero-order chi connectivity index (χ0) is 12.1. The van der Waals surface area contributed by atoms with Crippen molar-refractivity contribution in [1.82, 2.24) is 15.2 Å². The van der Waals surface area contributed by atoms with Crippen molar-refractivity contribution in [1.29, 1.82) is 0 Å². The summed E-state index contributed by atoms with van der Waals surface area (Å²) in [5.41, 5.74) is 0.198. The summed E-state index contributed by atoms with van der Waals surface area (Å²) in [6.45, 7) is 1.13. The van der Waals surface area contributed by atoms with Gasteiger partial charge in [-0.3, -0.25) is 14.9 Å². The molecule has 0 aromatic carbocycles. The average Bonchev–Trinajstić information content (AvgIpc) is 2.61. The van der Waals surface area contributed by atoms with Gasteiger partial charge < -0.3 is 15.2 Å². The van der Waals surface area contributed by atoms with Crippen LogP contribution < -0.4 is 10.6 Å². The number of carbonyl (C=O) groups is 1. The van der Waals surface area contributed by atoms with Crippen LogP contribution in [-0.4, -0.2) is 35.5 Å². The predicted octanol–water partition coefficient (Wildman–Crippen LogP) is -0.118. The van der Waals surface area contributed by atoms with E-state index in [1.54, 1.807) is 14.1 Å². The lowest BCUT2D eigenvalue weighted by Gasteiger charge is -2.04. The highest BCUT2D eigenvalue weighted by molar-refractivity contribution is 5.93. The molecule has 0 aliphatic heterocycles. The molecular formula is C9H14N4O3. The molecule has 7 nitrogen and oxygen atoms in total. The number of hydrogen-bond donors (Lipinski definition) is 2. The summed E-state index contributed by atoms with van der Waals surface area (Å²) >= 11 is 0. The lowest BCUT2D eigenvalue weighted by molar-refractivity contribution is -0.384. The van der Waals surface area contributed by atoms with E-state index in [0.717, 1.165) is 0 Å². The van der Waals surface area contributed by atoms with Gasteiger partial charge in [-0.2, -0.15) is 0 Å². The van der Waals surface area contributed by atoms with Crippen molar-refractivity contribution in [3.8, 4) is 0 Å². The maximum absolute atomic E-state index is 11.6. The molecule has 0 saturated carbocycles. The highest BCUT2D eigenvalue weighted by Crippen LogP contribution is 2.14. The molecule has 0 bridgehead atoms. The molecule has 1 aromatic rings. The molecule has 88 valence electrons. The Bertz CT molecular complexity index is 399. The monoisotopic (exact) mass is 226 g/mol. The first-order chi connectivity index (χ1) is 7.56. The fourth-order valence-corrected chi connectivity index (χ4v) is 1.26. The number of nitrogens with one attached hydrogen (secondary N) is 2. The van der Waals surface area contributed by atoms with Crippen LogP contribution in [0.1, 0.15) is 10.5 Å². The highest BCUT2D eigenvalue weighted by Gasteiger charge is 2.16. The third-order valence-electron chi connectivity index (χ3n) is 2.09. The van der Waals surface area contributed by atoms with Gasteiger partial charge in [-0.25, -0.2) is 0 Å². The molecule has 1 rings (SSSR count). The van der Waals surface area contributed by atoms with E-state index in [1.807, 2.05) is 0 Å². The second kappa shape index (κ2) is 5.26. The van der Waals surface area contributed by atoms with Crippen LogP contribution in [0, 0.1) is 10.1 Å². The Hall–Kier alpha value is -1.89. The molecule has 7 heteroatoms. The molecule has 16 heavy (non-hydrogen) atoms. The molecule has 1 heterocycles. The minimum Gasteiger partial charge on any atom is -0.349 e. The summed E-state index contributed by atoms with van der Waals surface area (Å²) in [4.78, 5) is 21.6. The molecule has 0 spiro atoms. The first-order valence-corrected chi connectivity index (χ1v) is 4.80. The number of aryl methyl sites for hydroxylation is 1. The molecule has 0 aliphatic carbocycles. The van der Waals surface area contributed by atoms with Crippen molar-refractivity contribution in [3.63, 3.8) is 0 Å². The molecule has 1 aromatic heterocycles. The second-order valence-corrected chi connectivity index (χ2v) is 3.31. The van der Waals surface area contributed by atoms with Crippen molar-refractivity contribution in [2.45, 2.75) is 0 Å². The molecular weight excluding hydrogens is 212 g/mol. The minimum atomic E-state index is -0.523. The van der Waals surface area contributed by atoms with Gasteiger partial charge >= 0.3 is 0 Å². The summed E-state index contributed by atoms with van der Waals surface area (Å²) in [6.07, 6.45) is 1.31. The summed E-state index contributed by atoms with van der Waals surface area (Å²) in [6, 6.07) is 1.26. The lowest BCUT2D eigenvalue weighted by Crippen LogP contribution is -2.31. The highest BCUT2D eigenvalue weighted by atomic mass is 16.6. The first-order valence-electron chi connectivity index (χ1n) is 4.80. The van der Waals surface area contributed by atoms with Gasteiger partial charge in [0, 0.05) is 26.2 Å². The summed E-state index contributed by atoms with van der Waals surface area (Å²) in [5.74, 6) is -0.314. The van der Waals surface area contributed by atoms with Gasteiger partial charge in [0.15, 0.2) is 0 Å². The maximum Gasteiger partial charge on any atom is 0.287 e. The van der Waals surface area contributed by atoms with Crippen molar-refractivity contribution in [2.75, 3.05) is 20.1 Å². The topological polar surface area (TPSA) is 89.2 Å². The number of aromatic nitrogens is 1. The van der Waals surface area contributed by atoms with Crippen LogP contribution in [-0.2, 0) is 7.05 Å². The SMILES string of the molecule is CNCCNC(=O)c1cc([N+](=O)[O-])cn1C. The molecule has 1 amide bonds. The van der Waals surface area contributed by atoms with E-state index in [2.05, 4.69) is 10.6 Å². The lowest BCUT2D eigenvalue weighted by atomic mass is 10.4. The van der Waals surface area contributed by atoms with Gasteiger partial charge in [0.1, 0.15) is 5.69 Å². The van der Waals surface area contributed by atoms with Crippen LogP contribution in [0.2, 0.25) is 0 Å². The van der Waals surface area contributed by atoms with Crippen LogP contribution >= 0.6 is 0 Å². The Labute approximate surface area is 92.6 Å². The molecule has 0 saturated heterocycles. The Morgan fingerprint density at radius 2 is 2.25 bits per heavy atom. The first kappa shape index (κ1) is 12.2. The van der Waals surface area contributed by atoms with Crippen LogP contribution in [0.5, 0.6) is 0 Å².